The number of hydrogen-bond acceptors (Lipinski definition) is 5. The Balaban J connectivity index is 2.16. The Hall–Kier alpha value is -1.76. The fourth-order valence-electron chi connectivity index (χ4n) is 1.43. The normalized spacial score (nSPS) is 10.4. The van der Waals surface area contributed by atoms with Crippen molar-refractivity contribution in [3.8, 4) is 5.75 Å². The lowest BCUT2D eigenvalue weighted by atomic mass is 10.1. The van der Waals surface area contributed by atoms with Crippen LogP contribution in [0.5, 0.6) is 5.75 Å². The molecule has 6 nitrogen and oxygen atoms in total. The van der Waals surface area contributed by atoms with Crippen molar-refractivity contribution in [2.75, 3.05) is 0 Å². The number of carbonyl (C=O) groups is 1. The van der Waals surface area contributed by atoms with Gasteiger partial charge in [-0.2, -0.15) is 4.80 Å². The van der Waals surface area contributed by atoms with E-state index >= 15 is 0 Å². The van der Waals surface area contributed by atoms with E-state index < -0.39 is 0 Å². The Morgan fingerprint density at radius 1 is 1.50 bits per heavy atom. The molecule has 0 atom stereocenters. The van der Waals surface area contributed by atoms with Gasteiger partial charge in [0.1, 0.15) is 5.75 Å². The third-order valence-corrected chi connectivity index (χ3v) is 2.72. The molecule has 7 heteroatoms. The number of ketones is 1. The lowest BCUT2D eigenvalue weighted by Crippen LogP contribution is -2.03. The van der Waals surface area contributed by atoms with E-state index in [1.165, 1.54) is 11.7 Å². The minimum absolute atomic E-state index is 0.0570. The largest absolute Gasteiger partial charge is 0.485 e. The maximum Gasteiger partial charge on any atom is 0.212 e. The summed E-state index contributed by atoms with van der Waals surface area (Å²) < 4.78 is 6.36. The van der Waals surface area contributed by atoms with Crippen molar-refractivity contribution in [1.82, 2.24) is 20.2 Å². The third-order valence-electron chi connectivity index (χ3n) is 2.23. The Morgan fingerprint density at radius 3 is 2.89 bits per heavy atom. The second kappa shape index (κ2) is 5.26. The van der Waals surface area contributed by atoms with Gasteiger partial charge in [0.05, 0.1) is 12.6 Å². The predicted octanol–water partition coefficient (Wildman–Crippen LogP) is 1.75. The van der Waals surface area contributed by atoms with Gasteiger partial charge in [-0.1, -0.05) is 15.9 Å². The molecule has 0 aliphatic rings. The molecule has 1 heterocycles. The number of Topliss-reactive ketones (excluding diaryl/α,β-unsaturated/α-hetero) is 1. The first-order valence-corrected chi connectivity index (χ1v) is 6.01. The number of nitrogens with zero attached hydrogens (tertiary/aromatic N) is 4. The molecule has 1 aromatic heterocycles. The molecule has 0 N–H and O–H groups in total. The Labute approximate surface area is 112 Å². The van der Waals surface area contributed by atoms with Crippen molar-refractivity contribution < 1.29 is 9.53 Å². The van der Waals surface area contributed by atoms with Gasteiger partial charge in [0.15, 0.2) is 12.4 Å². The molecule has 0 saturated carbocycles. The van der Waals surface area contributed by atoms with Crippen LogP contribution >= 0.6 is 15.9 Å². The zero-order chi connectivity index (χ0) is 13.1. The zero-order valence-corrected chi connectivity index (χ0v) is 11.5. The number of tetrazole rings is 1. The topological polar surface area (TPSA) is 69.9 Å². The van der Waals surface area contributed by atoms with Gasteiger partial charge in [-0.25, -0.2) is 0 Å². The maximum atomic E-state index is 11.5. The smallest absolute Gasteiger partial charge is 0.212 e. The van der Waals surface area contributed by atoms with Crippen molar-refractivity contribution in [2.24, 2.45) is 7.05 Å². The summed E-state index contributed by atoms with van der Waals surface area (Å²) in [6.07, 6.45) is 0. The summed E-state index contributed by atoms with van der Waals surface area (Å²) in [6.45, 7) is 1.67. The number of aromatic nitrogens is 4. The summed E-state index contributed by atoms with van der Waals surface area (Å²) >= 11 is 3.32. The molecule has 0 saturated heterocycles. The van der Waals surface area contributed by atoms with Crippen molar-refractivity contribution in [3.63, 3.8) is 0 Å². The number of aryl methyl sites for hydroxylation is 1. The quantitative estimate of drug-likeness (QED) is 0.805. The van der Waals surface area contributed by atoms with Crippen LogP contribution in [0.4, 0.5) is 0 Å². The molecule has 0 aliphatic heterocycles. The SMILES string of the molecule is CC(=O)c1cc(Br)ccc1OCc1nnn(C)n1. The molecular formula is C11H11BrN4O2. The van der Waals surface area contributed by atoms with Crippen LogP contribution in [0.2, 0.25) is 0 Å². The minimum atomic E-state index is -0.0570. The molecular weight excluding hydrogens is 300 g/mol. The summed E-state index contributed by atoms with van der Waals surface area (Å²) in [5.41, 5.74) is 0.522. The van der Waals surface area contributed by atoms with Crippen molar-refractivity contribution in [1.29, 1.82) is 0 Å². The number of hydrogen-bond donors (Lipinski definition) is 0. The van der Waals surface area contributed by atoms with Gasteiger partial charge in [-0.05, 0) is 30.3 Å². The van der Waals surface area contributed by atoms with Crippen LogP contribution in [0.1, 0.15) is 23.1 Å². The molecule has 1 aromatic carbocycles. The van der Waals surface area contributed by atoms with Crippen molar-refractivity contribution >= 4 is 21.7 Å². The van der Waals surface area contributed by atoms with E-state index in [-0.39, 0.29) is 12.4 Å². The standard InChI is InChI=1S/C11H11BrN4O2/c1-7(17)9-5-8(12)3-4-10(9)18-6-11-13-15-16(2)14-11/h3-5H,6H2,1-2H3. The Kier molecular flexibility index (Phi) is 3.71. The highest BCUT2D eigenvalue weighted by atomic mass is 79.9. The van der Waals surface area contributed by atoms with Crippen LogP contribution in [0.3, 0.4) is 0 Å². The summed E-state index contributed by atoms with van der Waals surface area (Å²) in [7, 11) is 1.68. The Bertz CT molecular complexity index is 582. The second-order valence-electron chi connectivity index (χ2n) is 3.68. The molecule has 0 spiro atoms. The monoisotopic (exact) mass is 310 g/mol. The van der Waals surface area contributed by atoms with E-state index in [9.17, 15) is 4.79 Å². The van der Waals surface area contributed by atoms with E-state index in [0.717, 1.165) is 4.47 Å². The summed E-state index contributed by atoms with van der Waals surface area (Å²) in [5.74, 6) is 0.923. The first-order valence-electron chi connectivity index (χ1n) is 5.22. The van der Waals surface area contributed by atoms with E-state index in [0.29, 0.717) is 17.1 Å². The molecule has 0 amide bonds. The predicted molar refractivity (Wildman–Crippen MR) is 67.3 cm³/mol. The van der Waals surface area contributed by atoms with E-state index in [2.05, 4.69) is 31.3 Å². The van der Waals surface area contributed by atoms with Crippen LogP contribution in [0.25, 0.3) is 0 Å². The summed E-state index contributed by atoms with van der Waals surface area (Å²) in [6, 6.07) is 5.27. The fraction of sp³-hybridized carbons (Fsp3) is 0.273. The third kappa shape index (κ3) is 2.92. The van der Waals surface area contributed by atoms with Gasteiger partial charge < -0.3 is 4.74 Å². The lowest BCUT2D eigenvalue weighted by molar-refractivity contribution is 0.101. The number of ether oxygens (including phenoxy) is 1. The summed E-state index contributed by atoms with van der Waals surface area (Å²) in [5, 5.41) is 11.5. The van der Waals surface area contributed by atoms with E-state index in [4.69, 9.17) is 4.74 Å². The number of carbonyl (C=O) groups excluding carboxylic acids is 1. The highest BCUT2D eigenvalue weighted by Crippen LogP contribution is 2.24. The lowest BCUT2D eigenvalue weighted by Gasteiger charge is -2.08. The Morgan fingerprint density at radius 2 is 2.28 bits per heavy atom. The number of halogens is 1. The van der Waals surface area contributed by atoms with Gasteiger partial charge in [-0.15, -0.1) is 10.2 Å². The summed E-state index contributed by atoms with van der Waals surface area (Å²) in [4.78, 5) is 12.8. The number of benzene rings is 1. The van der Waals surface area contributed by atoms with Gasteiger partial charge in [-0.3, -0.25) is 4.79 Å². The van der Waals surface area contributed by atoms with E-state index in [1.807, 2.05) is 6.07 Å². The van der Waals surface area contributed by atoms with Gasteiger partial charge in [0.25, 0.3) is 0 Å². The molecule has 2 rings (SSSR count). The highest BCUT2D eigenvalue weighted by molar-refractivity contribution is 9.10. The molecule has 0 radical (unpaired) electrons. The number of rotatable bonds is 4. The second-order valence-corrected chi connectivity index (χ2v) is 4.60. The molecule has 0 bridgehead atoms. The first-order chi connectivity index (χ1) is 8.56. The average Bonchev–Trinajstić information content (AvgIpc) is 2.73. The van der Waals surface area contributed by atoms with Crippen molar-refractivity contribution in [2.45, 2.75) is 13.5 Å². The molecule has 0 fully saturated rings. The molecule has 2 aromatic rings. The van der Waals surface area contributed by atoms with Crippen LogP contribution in [0, 0.1) is 0 Å². The maximum absolute atomic E-state index is 11.5. The van der Waals surface area contributed by atoms with Crippen LogP contribution < -0.4 is 4.74 Å². The fourth-order valence-corrected chi connectivity index (χ4v) is 1.79. The highest BCUT2D eigenvalue weighted by Gasteiger charge is 2.10. The average molecular weight is 311 g/mol. The van der Waals surface area contributed by atoms with Gasteiger partial charge in [0, 0.05) is 4.47 Å². The zero-order valence-electron chi connectivity index (χ0n) is 9.92. The van der Waals surface area contributed by atoms with Crippen LogP contribution in [-0.2, 0) is 13.7 Å². The van der Waals surface area contributed by atoms with Gasteiger partial charge >= 0.3 is 0 Å². The minimum Gasteiger partial charge on any atom is -0.485 e. The van der Waals surface area contributed by atoms with E-state index in [1.54, 1.807) is 19.2 Å². The van der Waals surface area contributed by atoms with Crippen molar-refractivity contribution in [3.05, 3.63) is 34.1 Å². The van der Waals surface area contributed by atoms with Crippen LogP contribution in [0.15, 0.2) is 22.7 Å². The molecule has 0 unspecified atom stereocenters. The first kappa shape index (κ1) is 12.7. The molecule has 0 aliphatic carbocycles. The van der Waals surface area contributed by atoms with Crippen LogP contribution in [-0.4, -0.2) is 26.0 Å². The van der Waals surface area contributed by atoms with Gasteiger partial charge in [0.2, 0.25) is 5.82 Å². The molecule has 18 heavy (non-hydrogen) atoms. The molecule has 94 valence electrons.